The van der Waals surface area contributed by atoms with Crippen LogP contribution < -0.4 is 0 Å². The standard InChI is InChI=1S/C12H29N4O2/c1-8-18-12(17)16(9-13(2)3,10-14(4)5)11-15(6)7/h8-11H2,1-7H3/q+1. The third kappa shape index (κ3) is 5.77. The largest absolute Gasteiger partial charge is 0.519 e. The molecule has 18 heavy (non-hydrogen) atoms. The second kappa shape index (κ2) is 7.68. The van der Waals surface area contributed by atoms with Gasteiger partial charge in [0.15, 0.2) is 0 Å². The third-order valence-corrected chi connectivity index (χ3v) is 2.32. The normalized spacial score (nSPS) is 12.6. The summed E-state index contributed by atoms with van der Waals surface area (Å²) in [5, 5.41) is 0. The van der Waals surface area contributed by atoms with E-state index in [1.807, 2.05) is 63.9 Å². The molecule has 0 N–H and O–H groups in total. The molecule has 0 rings (SSSR count). The fourth-order valence-corrected chi connectivity index (χ4v) is 2.19. The smallest absolute Gasteiger partial charge is 0.420 e. The lowest BCUT2D eigenvalue weighted by Crippen LogP contribution is -2.63. The minimum atomic E-state index is -0.173. The van der Waals surface area contributed by atoms with E-state index in [0.29, 0.717) is 26.6 Å². The van der Waals surface area contributed by atoms with Crippen molar-refractivity contribution < 1.29 is 14.0 Å². The van der Waals surface area contributed by atoms with Crippen molar-refractivity contribution in [2.75, 3.05) is 68.9 Å². The predicted molar refractivity (Wildman–Crippen MR) is 72.9 cm³/mol. The van der Waals surface area contributed by atoms with E-state index in [1.165, 1.54) is 0 Å². The Morgan fingerprint density at radius 3 is 1.44 bits per heavy atom. The summed E-state index contributed by atoms with van der Waals surface area (Å²) in [5.41, 5.74) is 0. The summed E-state index contributed by atoms with van der Waals surface area (Å²) in [5.74, 6) is 0. The summed E-state index contributed by atoms with van der Waals surface area (Å²) in [6, 6.07) is 0. The second-order valence-corrected chi connectivity index (χ2v) is 5.51. The summed E-state index contributed by atoms with van der Waals surface area (Å²) in [7, 11) is 11.8. The highest BCUT2D eigenvalue weighted by Crippen LogP contribution is 2.13. The molecule has 0 aromatic heterocycles. The zero-order valence-corrected chi connectivity index (χ0v) is 12.9. The van der Waals surface area contributed by atoms with Gasteiger partial charge in [0.05, 0.1) is 6.61 Å². The Labute approximate surface area is 111 Å². The monoisotopic (exact) mass is 261 g/mol. The van der Waals surface area contributed by atoms with Crippen LogP contribution in [0.3, 0.4) is 0 Å². The Balaban J connectivity index is 5.16. The molecule has 0 unspecified atom stereocenters. The molecule has 6 nitrogen and oxygen atoms in total. The molecule has 0 aromatic rings. The minimum absolute atomic E-state index is 0.173. The maximum Gasteiger partial charge on any atom is 0.519 e. The van der Waals surface area contributed by atoms with Crippen LogP contribution in [0.1, 0.15) is 6.92 Å². The SMILES string of the molecule is CCOC(=O)[N+](CN(C)C)(CN(C)C)CN(C)C. The molecule has 0 aromatic carbocycles. The number of ether oxygens (including phenoxy) is 1. The number of rotatable bonds is 7. The Kier molecular flexibility index (Phi) is 7.39. The predicted octanol–water partition coefficient (Wildman–Crippen LogP) is 0.517. The van der Waals surface area contributed by atoms with E-state index in [2.05, 4.69) is 0 Å². The van der Waals surface area contributed by atoms with E-state index >= 15 is 0 Å². The topological polar surface area (TPSA) is 36.0 Å². The van der Waals surface area contributed by atoms with Crippen LogP contribution in [0.25, 0.3) is 0 Å². The van der Waals surface area contributed by atoms with Crippen molar-refractivity contribution in [3.05, 3.63) is 0 Å². The molecule has 0 atom stereocenters. The molecule has 6 heteroatoms. The maximum atomic E-state index is 12.3. The molecular weight excluding hydrogens is 232 g/mol. The van der Waals surface area contributed by atoms with Gasteiger partial charge in [0.2, 0.25) is 0 Å². The average Bonchev–Trinajstić information content (AvgIpc) is 2.14. The van der Waals surface area contributed by atoms with Crippen LogP contribution in [0.2, 0.25) is 0 Å². The highest BCUT2D eigenvalue weighted by Gasteiger charge is 2.40. The first-order valence-corrected chi connectivity index (χ1v) is 6.21. The summed E-state index contributed by atoms with van der Waals surface area (Å²) < 4.78 is 5.51. The first kappa shape index (κ1) is 17.3. The summed E-state index contributed by atoms with van der Waals surface area (Å²) in [4.78, 5) is 18.4. The van der Waals surface area contributed by atoms with E-state index in [-0.39, 0.29) is 10.6 Å². The Bertz CT molecular complexity index is 228. The van der Waals surface area contributed by atoms with E-state index < -0.39 is 0 Å². The Hall–Kier alpha value is -0.690. The number of carbonyl (C=O) groups is 1. The van der Waals surface area contributed by atoms with Gasteiger partial charge in [-0.3, -0.25) is 14.7 Å². The third-order valence-electron chi connectivity index (χ3n) is 2.32. The van der Waals surface area contributed by atoms with Crippen molar-refractivity contribution in [3.63, 3.8) is 0 Å². The molecule has 0 radical (unpaired) electrons. The molecule has 0 fully saturated rings. The van der Waals surface area contributed by atoms with Crippen LogP contribution >= 0.6 is 0 Å². The van der Waals surface area contributed by atoms with Gasteiger partial charge in [0, 0.05) is 0 Å². The zero-order chi connectivity index (χ0) is 14.3. The van der Waals surface area contributed by atoms with Gasteiger partial charge in [0.25, 0.3) is 0 Å². The van der Waals surface area contributed by atoms with Gasteiger partial charge in [-0.25, -0.2) is 0 Å². The summed E-state index contributed by atoms with van der Waals surface area (Å²) in [6.45, 7) is 4.11. The highest BCUT2D eigenvalue weighted by molar-refractivity contribution is 5.59. The number of quaternary nitrogens is 1. The van der Waals surface area contributed by atoms with Crippen LogP contribution in [-0.4, -0.2) is 94.2 Å². The lowest BCUT2D eigenvalue weighted by molar-refractivity contribution is -0.886. The molecule has 0 saturated heterocycles. The maximum absolute atomic E-state index is 12.3. The lowest BCUT2D eigenvalue weighted by atomic mass is 10.5. The Morgan fingerprint density at radius 2 is 1.22 bits per heavy atom. The molecule has 108 valence electrons. The van der Waals surface area contributed by atoms with Gasteiger partial charge < -0.3 is 4.74 Å². The molecule has 0 saturated carbocycles. The number of hydrogen-bond donors (Lipinski definition) is 0. The summed E-state index contributed by atoms with van der Waals surface area (Å²) >= 11 is 0. The number of hydrogen-bond acceptors (Lipinski definition) is 5. The van der Waals surface area contributed by atoms with Crippen molar-refractivity contribution in [3.8, 4) is 0 Å². The highest BCUT2D eigenvalue weighted by atomic mass is 16.6. The van der Waals surface area contributed by atoms with Gasteiger partial charge in [-0.05, 0) is 49.2 Å². The molecule has 0 bridgehead atoms. The fourth-order valence-electron chi connectivity index (χ4n) is 2.19. The lowest BCUT2D eigenvalue weighted by Gasteiger charge is -2.39. The summed E-state index contributed by atoms with van der Waals surface area (Å²) in [6.07, 6.45) is -0.173. The quantitative estimate of drug-likeness (QED) is 0.493. The molecule has 1 amide bonds. The van der Waals surface area contributed by atoms with E-state index in [9.17, 15) is 4.79 Å². The van der Waals surface area contributed by atoms with Crippen LogP contribution in [0.4, 0.5) is 4.79 Å². The van der Waals surface area contributed by atoms with Gasteiger partial charge >= 0.3 is 6.09 Å². The minimum Gasteiger partial charge on any atom is -0.420 e. The van der Waals surface area contributed by atoms with Gasteiger partial charge in [-0.1, -0.05) is 0 Å². The van der Waals surface area contributed by atoms with Gasteiger partial charge in [-0.15, -0.1) is 0 Å². The molecule has 0 heterocycles. The van der Waals surface area contributed by atoms with Crippen molar-refractivity contribution in [1.82, 2.24) is 14.7 Å². The van der Waals surface area contributed by atoms with E-state index in [0.717, 1.165) is 0 Å². The second-order valence-electron chi connectivity index (χ2n) is 5.51. The van der Waals surface area contributed by atoms with Crippen molar-refractivity contribution in [2.45, 2.75) is 6.92 Å². The van der Waals surface area contributed by atoms with Crippen molar-refractivity contribution in [1.29, 1.82) is 0 Å². The number of amides is 1. The van der Waals surface area contributed by atoms with Crippen molar-refractivity contribution >= 4 is 6.09 Å². The molecule has 0 spiro atoms. The van der Waals surface area contributed by atoms with E-state index in [1.54, 1.807) is 0 Å². The first-order chi connectivity index (χ1) is 8.23. The average molecular weight is 261 g/mol. The molecular formula is C12H29N4O2+. The van der Waals surface area contributed by atoms with Gasteiger partial charge in [-0.2, -0.15) is 9.28 Å². The van der Waals surface area contributed by atoms with Crippen molar-refractivity contribution in [2.24, 2.45) is 0 Å². The molecule has 0 aliphatic heterocycles. The van der Waals surface area contributed by atoms with Gasteiger partial charge in [0.1, 0.15) is 20.0 Å². The molecule has 0 aliphatic rings. The Morgan fingerprint density at radius 1 is 0.889 bits per heavy atom. The van der Waals surface area contributed by atoms with Crippen LogP contribution in [0.5, 0.6) is 0 Å². The van der Waals surface area contributed by atoms with Crippen LogP contribution in [0.15, 0.2) is 0 Å². The first-order valence-electron chi connectivity index (χ1n) is 6.21. The zero-order valence-electron chi connectivity index (χ0n) is 12.9. The number of nitrogens with zero attached hydrogens (tertiary/aromatic N) is 4. The molecule has 0 aliphatic carbocycles. The fraction of sp³-hybridized carbons (Fsp3) is 0.917. The van der Waals surface area contributed by atoms with Crippen LogP contribution in [0, 0.1) is 0 Å². The van der Waals surface area contributed by atoms with Crippen LogP contribution in [-0.2, 0) is 4.74 Å². The number of carbonyl (C=O) groups excluding carboxylic acids is 1. The van der Waals surface area contributed by atoms with E-state index in [4.69, 9.17) is 4.74 Å².